The van der Waals surface area contributed by atoms with E-state index in [1.807, 2.05) is 36.4 Å². The van der Waals surface area contributed by atoms with Gasteiger partial charge in [-0.05, 0) is 43.7 Å². The molecule has 3 aromatic carbocycles. The molecule has 1 saturated carbocycles. The van der Waals surface area contributed by atoms with Crippen molar-refractivity contribution in [3.63, 3.8) is 0 Å². The van der Waals surface area contributed by atoms with Crippen molar-refractivity contribution in [1.82, 2.24) is 10.6 Å². The third-order valence-corrected chi connectivity index (χ3v) is 8.08. The zero-order valence-corrected chi connectivity index (χ0v) is 25.6. The van der Waals surface area contributed by atoms with Crippen LogP contribution in [0.3, 0.4) is 0 Å². The number of carboxylic acid groups (broad SMARTS) is 1. The van der Waals surface area contributed by atoms with E-state index in [9.17, 15) is 37.5 Å². The highest BCUT2D eigenvalue weighted by Crippen LogP contribution is 2.33. The van der Waals surface area contributed by atoms with E-state index in [1.165, 1.54) is 0 Å². The summed E-state index contributed by atoms with van der Waals surface area (Å²) in [5.74, 6) is -4.04. The number of alkyl halides is 3. The molecule has 5 rings (SSSR count). The number of aliphatic hydroxyl groups is 1. The number of amides is 2. The lowest BCUT2D eigenvalue weighted by atomic mass is 9.83. The lowest BCUT2D eigenvalue weighted by Gasteiger charge is -2.32. The standard InChI is InChI=1S/C32H34N4O5.C2HF3O2/c33-25(17-19-7-2-1-3-8-19)31(40)36-27(18-37)32(41)35-21-15-13-20(14-16-21)34-26-12-6-11-24-28(26)30(39)23-10-5-4-9-22(23)29(24)38;3-2(4,5)1(6)7/h1-12,20-21,25,27,34,37H,13-18,33H2,(H,35,41)(H,36,40);(H,6,7)/t20?,21?,25?,27-;/m0./s1. The first-order valence-corrected chi connectivity index (χ1v) is 15.2. The van der Waals surface area contributed by atoms with Gasteiger partial charge in [-0.2, -0.15) is 13.2 Å². The monoisotopic (exact) mass is 668 g/mol. The predicted molar refractivity (Wildman–Crippen MR) is 168 cm³/mol. The zero-order chi connectivity index (χ0) is 35.0. The number of hydrogen-bond donors (Lipinski definition) is 6. The average molecular weight is 669 g/mol. The maximum Gasteiger partial charge on any atom is 0.490 e. The molecule has 1 fully saturated rings. The van der Waals surface area contributed by atoms with Gasteiger partial charge in [0, 0.05) is 34.5 Å². The highest BCUT2D eigenvalue weighted by molar-refractivity contribution is 6.30. The molecule has 2 amide bonds. The first-order valence-electron chi connectivity index (χ1n) is 15.2. The van der Waals surface area contributed by atoms with Crippen molar-refractivity contribution >= 4 is 35.0 Å². The van der Waals surface area contributed by atoms with Crippen LogP contribution in [0.15, 0.2) is 72.8 Å². The number of rotatable bonds is 9. The van der Waals surface area contributed by atoms with Gasteiger partial charge in [-0.15, -0.1) is 0 Å². The lowest BCUT2D eigenvalue weighted by molar-refractivity contribution is -0.192. The first-order chi connectivity index (χ1) is 22.8. The Balaban J connectivity index is 0.000000671. The van der Waals surface area contributed by atoms with Gasteiger partial charge < -0.3 is 31.9 Å². The number of anilines is 1. The Morgan fingerprint density at radius 1 is 0.792 bits per heavy atom. The van der Waals surface area contributed by atoms with Crippen LogP contribution in [0.5, 0.6) is 0 Å². The zero-order valence-electron chi connectivity index (χ0n) is 25.6. The number of aliphatic carboxylic acids is 1. The number of benzene rings is 3. The first kappa shape index (κ1) is 35.8. The molecule has 14 heteroatoms. The van der Waals surface area contributed by atoms with Crippen molar-refractivity contribution in [3.05, 3.63) is 101 Å². The van der Waals surface area contributed by atoms with Gasteiger partial charge in [0.25, 0.3) is 0 Å². The third-order valence-electron chi connectivity index (χ3n) is 8.08. The predicted octanol–water partition coefficient (Wildman–Crippen LogP) is 2.98. The Labute approximate surface area is 273 Å². The molecule has 0 bridgehead atoms. The molecule has 11 nitrogen and oxygen atoms in total. The molecule has 48 heavy (non-hydrogen) atoms. The number of halogens is 3. The largest absolute Gasteiger partial charge is 0.490 e. The van der Waals surface area contributed by atoms with E-state index in [-0.39, 0.29) is 23.7 Å². The van der Waals surface area contributed by atoms with E-state index in [4.69, 9.17) is 15.6 Å². The van der Waals surface area contributed by atoms with Crippen LogP contribution in [0, 0.1) is 0 Å². The van der Waals surface area contributed by atoms with Gasteiger partial charge >= 0.3 is 12.1 Å². The summed E-state index contributed by atoms with van der Waals surface area (Å²) in [6.07, 6.45) is -1.96. The average Bonchev–Trinajstić information content (AvgIpc) is 3.07. The Hall–Kier alpha value is -5.08. The molecule has 0 spiro atoms. The Bertz CT molecular complexity index is 1660. The van der Waals surface area contributed by atoms with E-state index >= 15 is 0 Å². The minimum atomic E-state index is -5.08. The van der Waals surface area contributed by atoms with E-state index in [1.54, 1.807) is 36.4 Å². The van der Waals surface area contributed by atoms with Crippen molar-refractivity contribution in [3.8, 4) is 0 Å². The van der Waals surface area contributed by atoms with Gasteiger partial charge in [-0.3, -0.25) is 19.2 Å². The summed E-state index contributed by atoms with van der Waals surface area (Å²) in [6, 6.07) is 19.5. The second-order valence-electron chi connectivity index (χ2n) is 11.5. The van der Waals surface area contributed by atoms with Gasteiger partial charge in [0.1, 0.15) is 6.04 Å². The number of carbonyl (C=O) groups is 5. The van der Waals surface area contributed by atoms with E-state index in [0.717, 1.165) is 18.4 Å². The molecular weight excluding hydrogens is 633 g/mol. The van der Waals surface area contributed by atoms with Crippen molar-refractivity contribution < 1.29 is 47.4 Å². The van der Waals surface area contributed by atoms with E-state index in [2.05, 4.69) is 16.0 Å². The molecule has 0 aliphatic heterocycles. The normalized spacial score (nSPS) is 18.2. The molecule has 1 unspecified atom stereocenters. The lowest BCUT2D eigenvalue weighted by Crippen LogP contribution is -2.55. The number of aliphatic hydroxyl groups excluding tert-OH is 1. The van der Waals surface area contributed by atoms with Gasteiger partial charge in [0.05, 0.1) is 18.2 Å². The minimum Gasteiger partial charge on any atom is -0.475 e. The smallest absolute Gasteiger partial charge is 0.475 e. The van der Waals surface area contributed by atoms with Gasteiger partial charge in [0.2, 0.25) is 11.8 Å². The second-order valence-corrected chi connectivity index (χ2v) is 11.5. The summed E-state index contributed by atoms with van der Waals surface area (Å²) in [4.78, 5) is 60.6. The van der Waals surface area contributed by atoms with Crippen LogP contribution in [0.1, 0.15) is 63.1 Å². The van der Waals surface area contributed by atoms with Crippen LogP contribution in [0.2, 0.25) is 0 Å². The maximum atomic E-state index is 13.3. The highest BCUT2D eigenvalue weighted by atomic mass is 19.4. The fourth-order valence-electron chi connectivity index (χ4n) is 5.60. The summed E-state index contributed by atoms with van der Waals surface area (Å²) in [5.41, 5.74) is 9.21. The fraction of sp³-hybridized carbons (Fsp3) is 0.324. The van der Waals surface area contributed by atoms with Crippen LogP contribution in [-0.2, 0) is 20.8 Å². The Kier molecular flexibility index (Phi) is 11.7. The van der Waals surface area contributed by atoms with Crippen LogP contribution >= 0.6 is 0 Å². The maximum absolute atomic E-state index is 13.3. The summed E-state index contributed by atoms with van der Waals surface area (Å²) in [6.45, 7) is -0.540. The summed E-state index contributed by atoms with van der Waals surface area (Å²) in [7, 11) is 0. The quantitative estimate of drug-likeness (QED) is 0.156. The van der Waals surface area contributed by atoms with E-state index in [0.29, 0.717) is 47.2 Å². The van der Waals surface area contributed by atoms with Crippen LogP contribution in [-0.4, -0.2) is 76.5 Å². The number of nitrogens with one attached hydrogen (secondary N) is 3. The number of hydrogen-bond acceptors (Lipinski definition) is 8. The highest BCUT2D eigenvalue weighted by Gasteiger charge is 2.38. The van der Waals surface area contributed by atoms with Crippen molar-refractivity contribution in [2.24, 2.45) is 5.73 Å². The Morgan fingerprint density at radius 3 is 1.92 bits per heavy atom. The molecule has 0 heterocycles. The van der Waals surface area contributed by atoms with Crippen LogP contribution in [0.25, 0.3) is 0 Å². The number of ketones is 2. The number of carboxylic acids is 1. The number of fused-ring (bicyclic) bond motifs is 2. The van der Waals surface area contributed by atoms with E-state index < -0.39 is 42.7 Å². The minimum absolute atomic E-state index is 0.0547. The third kappa shape index (κ3) is 8.83. The van der Waals surface area contributed by atoms with Crippen molar-refractivity contribution in [2.45, 2.75) is 62.4 Å². The summed E-state index contributed by atoms with van der Waals surface area (Å²) >= 11 is 0. The molecular formula is C34H35F3N4O7. The molecule has 7 N–H and O–H groups in total. The van der Waals surface area contributed by atoms with Crippen molar-refractivity contribution in [2.75, 3.05) is 11.9 Å². The van der Waals surface area contributed by atoms with Gasteiger partial charge in [0.15, 0.2) is 11.6 Å². The molecule has 2 atom stereocenters. The topological polar surface area (TPSA) is 188 Å². The Morgan fingerprint density at radius 2 is 1.33 bits per heavy atom. The number of nitrogens with two attached hydrogens (primary N) is 1. The van der Waals surface area contributed by atoms with Crippen LogP contribution in [0.4, 0.5) is 18.9 Å². The van der Waals surface area contributed by atoms with Gasteiger partial charge in [-0.1, -0.05) is 66.7 Å². The molecule has 0 saturated heterocycles. The molecule has 2 aliphatic rings. The SMILES string of the molecule is NC(Cc1ccccc1)C(=O)N[C@@H](CO)C(=O)NC1CCC(Nc2cccc3c2C(=O)c2ccccc2C3=O)CC1.O=C(O)C(F)(F)F. The van der Waals surface area contributed by atoms with Gasteiger partial charge in [-0.25, -0.2) is 4.79 Å². The number of carbonyl (C=O) groups excluding carboxylic acids is 4. The molecule has 3 aromatic rings. The fourth-order valence-corrected chi connectivity index (χ4v) is 5.60. The molecule has 0 aromatic heterocycles. The van der Waals surface area contributed by atoms with Crippen molar-refractivity contribution in [1.29, 1.82) is 0 Å². The second kappa shape index (κ2) is 15.7. The molecule has 254 valence electrons. The summed E-state index contributed by atoms with van der Waals surface area (Å²) < 4.78 is 31.7. The summed E-state index contributed by atoms with van der Waals surface area (Å²) in [5, 5.41) is 25.9. The molecule has 2 aliphatic carbocycles. The van der Waals surface area contributed by atoms with Crippen LogP contribution < -0.4 is 21.7 Å². The molecule has 0 radical (unpaired) electrons.